The van der Waals surface area contributed by atoms with Crippen LogP contribution in [0.3, 0.4) is 0 Å². The molecule has 242 valence electrons. The molecule has 2 heteroatoms. The summed E-state index contributed by atoms with van der Waals surface area (Å²) in [6.07, 6.45) is 0. The molecule has 7 aromatic carbocycles. The van der Waals surface area contributed by atoms with Crippen molar-refractivity contribution in [1.82, 2.24) is 4.98 Å². The molecular formula is C50H31NS. The van der Waals surface area contributed by atoms with Crippen molar-refractivity contribution in [2.45, 2.75) is 5.41 Å². The summed E-state index contributed by atoms with van der Waals surface area (Å²) in [7, 11) is 0. The van der Waals surface area contributed by atoms with Crippen LogP contribution in [0.15, 0.2) is 188 Å². The van der Waals surface area contributed by atoms with Crippen molar-refractivity contribution in [3.8, 4) is 67.0 Å². The van der Waals surface area contributed by atoms with E-state index in [-0.39, 0.29) is 5.41 Å². The van der Waals surface area contributed by atoms with Crippen LogP contribution in [0.2, 0.25) is 0 Å². The molecule has 2 aromatic heterocycles. The van der Waals surface area contributed by atoms with E-state index in [1.165, 1.54) is 76.2 Å². The van der Waals surface area contributed by atoms with Gasteiger partial charge in [-0.1, -0.05) is 170 Å². The van der Waals surface area contributed by atoms with Crippen LogP contribution in [0, 0.1) is 0 Å². The van der Waals surface area contributed by atoms with Gasteiger partial charge in [0.15, 0.2) is 0 Å². The molecule has 0 aliphatic heterocycles. The highest BCUT2D eigenvalue weighted by molar-refractivity contribution is 7.20. The first kappa shape index (κ1) is 29.4. The van der Waals surface area contributed by atoms with Crippen LogP contribution in [-0.4, -0.2) is 4.98 Å². The van der Waals surface area contributed by atoms with E-state index in [9.17, 15) is 0 Å². The number of nitrogens with zero attached hydrogens (tertiary/aromatic N) is 1. The molecule has 0 fully saturated rings. The maximum atomic E-state index is 5.31. The number of benzene rings is 7. The van der Waals surface area contributed by atoms with Crippen LogP contribution >= 0.6 is 11.3 Å². The van der Waals surface area contributed by atoms with E-state index in [2.05, 4.69) is 188 Å². The average molecular weight is 678 g/mol. The van der Waals surface area contributed by atoms with E-state index in [1.54, 1.807) is 0 Å². The molecule has 0 saturated carbocycles. The molecule has 1 nitrogen and oxygen atoms in total. The van der Waals surface area contributed by atoms with Gasteiger partial charge in [0, 0.05) is 31.7 Å². The maximum absolute atomic E-state index is 5.31. The zero-order valence-corrected chi connectivity index (χ0v) is 29.1. The van der Waals surface area contributed by atoms with E-state index >= 15 is 0 Å². The SMILES string of the molecule is c1ccc(-c2ccc(-c3cc(-c4cccc5c4-c4c(sc6ccccc46)C54c5ccccc5-c5ccccc54)cc(-c4ccccc4)n3)cc2)cc1. The van der Waals surface area contributed by atoms with E-state index < -0.39 is 0 Å². The van der Waals surface area contributed by atoms with Gasteiger partial charge in [-0.3, -0.25) is 0 Å². The molecule has 0 bridgehead atoms. The van der Waals surface area contributed by atoms with Crippen molar-refractivity contribution in [2.24, 2.45) is 0 Å². The number of hydrogen-bond acceptors (Lipinski definition) is 2. The van der Waals surface area contributed by atoms with Gasteiger partial charge in [-0.15, -0.1) is 11.3 Å². The van der Waals surface area contributed by atoms with Gasteiger partial charge in [-0.2, -0.15) is 0 Å². The number of aromatic nitrogens is 1. The Morgan fingerprint density at radius 3 is 1.56 bits per heavy atom. The minimum atomic E-state index is -0.386. The number of rotatable bonds is 4. The Balaban J connectivity index is 1.19. The van der Waals surface area contributed by atoms with E-state index in [1.807, 2.05) is 11.3 Å². The molecule has 11 rings (SSSR count). The Morgan fingerprint density at radius 1 is 0.365 bits per heavy atom. The van der Waals surface area contributed by atoms with Gasteiger partial charge in [-0.25, -0.2) is 4.98 Å². The van der Waals surface area contributed by atoms with Crippen molar-refractivity contribution in [3.05, 3.63) is 210 Å². The fraction of sp³-hybridized carbons (Fsp3) is 0.0200. The van der Waals surface area contributed by atoms with Crippen molar-refractivity contribution in [3.63, 3.8) is 0 Å². The molecule has 2 aliphatic rings. The molecular weight excluding hydrogens is 647 g/mol. The maximum Gasteiger partial charge on any atom is 0.0819 e. The molecule has 0 N–H and O–H groups in total. The molecule has 0 amide bonds. The first-order chi connectivity index (χ1) is 25.8. The lowest BCUT2D eigenvalue weighted by atomic mass is 9.73. The standard InChI is InChI=1S/C50H31NS/c1-3-14-32(15-4-1)33-26-28-35(29-27-33)45-31-36(30-44(51-45)34-16-5-2-6-17-34)37-21-13-24-43-47(37)48-40-20-9-12-25-46(40)52-49(48)50(43)41-22-10-7-18-38(41)39-19-8-11-23-42(39)50/h1-31H. The van der Waals surface area contributed by atoms with Crippen molar-refractivity contribution < 1.29 is 0 Å². The summed E-state index contributed by atoms with van der Waals surface area (Å²) < 4.78 is 1.33. The summed E-state index contributed by atoms with van der Waals surface area (Å²) in [5.41, 5.74) is 18.0. The van der Waals surface area contributed by atoms with Crippen LogP contribution in [0.4, 0.5) is 0 Å². The number of thiophene rings is 1. The van der Waals surface area contributed by atoms with Gasteiger partial charge >= 0.3 is 0 Å². The van der Waals surface area contributed by atoms with Crippen LogP contribution in [0.25, 0.3) is 77.1 Å². The molecule has 52 heavy (non-hydrogen) atoms. The van der Waals surface area contributed by atoms with Gasteiger partial charge in [-0.05, 0) is 73.8 Å². The lowest BCUT2D eigenvalue weighted by molar-refractivity contribution is 0.812. The Hall–Kier alpha value is -6.35. The summed E-state index contributed by atoms with van der Waals surface area (Å²) in [5, 5.41) is 1.32. The van der Waals surface area contributed by atoms with Crippen LogP contribution in [-0.2, 0) is 5.41 Å². The van der Waals surface area contributed by atoms with Gasteiger partial charge in [0.1, 0.15) is 0 Å². The summed E-state index contributed by atoms with van der Waals surface area (Å²) in [4.78, 5) is 6.73. The normalized spacial score (nSPS) is 13.2. The number of pyridine rings is 1. The molecule has 0 unspecified atom stereocenters. The molecule has 0 radical (unpaired) electrons. The molecule has 1 spiro atoms. The lowest BCUT2D eigenvalue weighted by Crippen LogP contribution is -2.24. The Kier molecular flexibility index (Phi) is 6.40. The third-order valence-corrected chi connectivity index (χ3v) is 12.4. The summed E-state index contributed by atoms with van der Waals surface area (Å²) >= 11 is 1.96. The quantitative estimate of drug-likeness (QED) is 0.181. The Labute approximate surface area is 307 Å². The largest absolute Gasteiger partial charge is 0.248 e. The van der Waals surface area contributed by atoms with Crippen LogP contribution in [0.1, 0.15) is 21.6 Å². The first-order valence-electron chi connectivity index (χ1n) is 17.9. The van der Waals surface area contributed by atoms with Gasteiger partial charge in [0.2, 0.25) is 0 Å². The number of fused-ring (bicyclic) bond motifs is 12. The fourth-order valence-corrected chi connectivity index (χ4v) is 10.3. The zero-order chi connectivity index (χ0) is 34.2. The smallest absolute Gasteiger partial charge is 0.0819 e. The number of hydrogen-bond donors (Lipinski definition) is 0. The average Bonchev–Trinajstić information content (AvgIpc) is 3.85. The Bertz CT molecular complexity index is 2780. The second kappa shape index (κ2) is 11.3. The second-order valence-electron chi connectivity index (χ2n) is 13.8. The third kappa shape index (κ3) is 4.13. The topological polar surface area (TPSA) is 12.9 Å². The molecule has 0 saturated heterocycles. The molecule has 9 aromatic rings. The highest BCUT2D eigenvalue weighted by Gasteiger charge is 2.53. The van der Waals surface area contributed by atoms with E-state index in [4.69, 9.17) is 4.98 Å². The summed E-state index contributed by atoms with van der Waals surface area (Å²) in [5.74, 6) is 0. The van der Waals surface area contributed by atoms with Crippen molar-refractivity contribution >= 4 is 21.4 Å². The van der Waals surface area contributed by atoms with Crippen molar-refractivity contribution in [2.75, 3.05) is 0 Å². The predicted molar refractivity (Wildman–Crippen MR) is 218 cm³/mol. The predicted octanol–water partition coefficient (Wildman–Crippen LogP) is 13.3. The van der Waals surface area contributed by atoms with Crippen LogP contribution < -0.4 is 0 Å². The second-order valence-corrected chi connectivity index (χ2v) is 14.9. The summed E-state index contributed by atoms with van der Waals surface area (Å²) in [6, 6.07) is 68.7. The lowest BCUT2D eigenvalue weighted by Gasteiger charge is -2.29. The third-order valence-electron chi connectivity index (χ3n) is 11.1. The minimum Gasteiger partial charge on any atom is -0.248 e. The van der Waals surface area contributed by atoms with Crippen molar-refractivity contribution in [1.29, 1.82) is 0 Å². The minimum absolute atomic E-state index is 0.386. The highest BCUT2D eigenvalue weighted by Crippen LogP contribution is 2.67. The fourth-order valence-electron chi connectivity index (χ4n) is 8.88. The molecule has 2 aliphatic carbocycles. The Morgan fingerprint density at radius 2 is 0.865 bits per heavy atom. The van der Waals surface area contributed by atoms with E-state index in [0.717, 1.165) is 22.5 Å². The van der Waals surface area contributed by atoms with Crippen LogP contribution in [0.5, 0.6) is 0 Å². The first-order valence-corrected chi connectivity index (χ1v) is 18.7. The molecule has 2 heterocycles. The highest BCUT2D eigenvalue weighted by atomic mass is 32.1. The van der Waals surface area contributed by atoms with Gasteiger partial charge in [0.05, 0.1) is 16.8 Å². The van der Waals surface area contributed by atoms with Gasteiger partial charge < -0.3 is 0 Å². The van der Waals surface area contributed by atoms with Gasteiger partial charge in [0.25, 0.3) is 0 Å². The monoisotopic (exact) mass is 677 g/mol. The molecule has 0 atom stereocenters. The zero-order valence-electron chi connectivity index (χ0n) is 28.3. The summed E-state index contributed by atoms with van der Waals surface area (Å²) in [6.45, 7) is 0. The van der Waals surface area contributed by atoms with E-state index in [0.29, 0.717) is 0 Å².